The third-order valence-corrected chi connectivity index (χ3v) is 5.24. The number of rotatable bonds is 4. The van der Waals surface area contributed by atoms with Crippen molar-refractivity contribution in [1.29, 1.82) is 0 Å². The number of hydrogen-bond donors (Lipinski definition) is 1. The summed E-state index contributed by atoms with van der Waals surface area (Å²) in [7, 11) is -0.116. The highest BCUT2D eigenvalue weighted by atomic mass is 32.2. The lowest BCUT2D eigenvalue weighted by molar-refractivity contribution is 0.253. The third-order valence-electron chi connectivity index (χ3n) is 3.34. The Kier molecular flexibility index (Phi) is 4.04. The van der Waals surface area contributed by atoms with Gasteiger partial charge in [0.1, 0.15) is 0 Å². The second-order valence-electron chi connectivity index (χ2n) is 4.94. The van der Waals surface area contributed by atoms with Gasteiger partial charge in [0, 0.05) is 39.1 Å². The molecule has 1 aliphatic rings. The largest absolute Gasteiger partial charge is 0.283 e. The molecule has 1 unspecified atom stereocenters. The normalized spacial score (nSPS) is 22.5. The molecule has 1 aromatic heterocycles. The molecular weight excluding hydrogens is 252 g/mol. The predicted octanol–water partition coefficient (Wildman–Crippen LogP) is 0.471. The molecular formula is C11H20N4O2S. The van der Waals surface area contributed by atoms with Crippen molar-refractivity contribution < 1.29 is 8.42 Å². The van der Waals surface area contributed by atoms with E-state index >= 15 is 0 Å². The highest BCUT2D eigenvalue weighted by molar-refractivity contribution is 7.86. The van der Waals surface area contributed by atoms with Crippen LogP contribution in [0.5, 0.6) is 0 Å². The van der Waals surface area contributed by atoms with Crippen LogP contribution in [0.1, 0.15) is 18.5 Å². The number of H-pyrrole nitrogens is 1. The summed E-state index contributed by atoms with van der Waals surface area (Å²) in [5, 5.41) is 6.85. The number of piperidine rings is 1. The standard InChI is InChI=1S/C11H20N4O2S/c1-14(2)18(16,17)15-7-3-4-10(9-15)8-11-5-6-12-13-11/h5-6,10H,3-4,7-9H2,1-2H3,(H,12,13). The van der Waals surface area contributed by atoms with Gasteiger partial charge in [-0.1, -0.05) is 0 Å². The second kappa shape index (κ2) is 5.38. The van der Waals surface area contributed by atoms with E-state index in [0.717, 1.165) is 25.0 Å². The molecule has 18 heavy (non-hydrogen) atoms. The Hall–Kier alpha value is -0.920. The van der Waals surface area contributed by atoms with E-state index in [1.165, 1.54) is 4.31 Å². The fraction of sp³-hybridized carbons (Fsp3) is 0.727. The fourth-order valence-corrected chi connectivity index (χ4v) is 3.56. The highest BCUT2D eigenvalue weighted by Crippen LogP contribution is 2.22. The van der Waals surface area contributed by atoms with Gasteiger partial charge in [0.2, 0.25) is 0 Å². The molecule has 2 rings (SSSR count). The van der Waals surface area contributed by atoms with Gasteiger partial charge in [0.05, 0.1) is 0 Å². The number of hydrogen-bond acceptors (Lipinski definition) is 3. The Labute approximate surface area is 108 Å². The zero-order chi connectivity index (χ0) is 13.2. The number of nitrogens with zero attached hydrogens (tertiary/aromatic N) is 3. The zero-order valence-electron chi connectivity index (χ0n) is 10.8. The average Bonchev–Trinajstić information content (AvgIpc) is 2.82. The summed E-state index contributed by atoms with van der Waals surface area (Å²) in [5.41, 5.74) is 1.07. The van der Waals surface area contributed by atoms with Gasteiger partial charge in [-0.05, 0) is 31.2 Å². The molecule has 2 heterocycles. The van der Waals surface area contributed by atoms with Gasteiger partial charge >= 0.3 is 0 Å². The smallest absolute Gasteiger partial charge is 0.281 e. The van der Waals surface area contributed by atoms with Crippen LogP contribution in [-0.2, 0) is 16.6 Å². The molecule has 0 spiro atoms. The Morgan fingerprint density at radius 3 is 2.94 bits per heavy atom. The molecule has 0 aromatic carbocycles. The molecule has 1 fully saturated rings. The maximum atomic E-state index is 12.1. The van der Waals surface area contributed by atoms with E-state index in [1.807, 2.05) is 6.07 Å². The van der Waals surface area contributed by atoms with Gasteiger partial charge in [-0.15, -0.1) is 0 Å². The summed E-state index contributed by atoms with van der Waals surface area (Å²) in [5.74, 6) is 0.369. The highest BCUT2D eigenvalue weighted by Gasteiger charge is 2.30. The van der Waals surface area contributed by atoms with Crippen LogP contribution >= 0.6 is 0 Å². The lowest BCUT2D eigenvalue weighted by atomic mass is 9.95. The quantitative estimate of drug-likeness (QED) is 0.866. The van der Waals surface area contributed by atoms with Crippen LogP contribution in [-0.4, -0.2) is 54.4 Å². The van der Waals surface area contributed by atoms with E-state index < -0.39 is 10.2 Å². The monoisotopic (exact) mass is 272 g/mol. The molecule has 0 amide bonds. The molecule has 0 radical (unpaired) electrons. The maximum absolute atomic E-state index is 12.1. The first-order chi connectivity index (χ1) is 8.50. The van der Waals surface area contributed by atoms with Crippen molar-refractivity contribution in [3.05, 3.63) is 18.0 Å². The van der Waals surface area contributed by atoms with Crippen LogP contribution < -0.4 is 0 Å². The molecule has 1 N–H and O–H groups in total. The first-order valence-electron chi connectivity index (χ1n) is 6.16. The lowest BCUT2D eigenvalue weighted by Crippen LogP contribution is -2.45. The minimum atomic E-state index is -3.27. The average molecular weight is 272 g/mol. The van der Waals surface area contributed by atoms with E-state index in [4.69, 9.17) is 0 Å². The topological polar surface area (TPSA) is 69.3 Å². The van der Waals surface area contributed by atoms with Gasteiger partial charge in [-0.2, -0.15) is 22.1 Å². The van der Waals surface area contributed by atoms with E-state index in [-0.39, 0.29) is 0 Å². The summed E-state index contributed by atoms with van der Waals surface area (Å²) in [6.45, 7) is 1.22. The summed E-state index contributed by atoms with van der Waals surface area (Å²) >= 11 is 0. The minimum absolute atomic E-state index is 0.369. The Bertz CT molecular complexity index is 469. The molecule has 1 saturated heterocycles. The molecule has 0 bridgehead atoms. The van der Waals surface area contributed by atoms with Crippen molar-refractivity contribution in [2.24, 2.45) is 5.92 Å². The number of aromatic amines is 1. The van der Waals surface area contributed by atoms with Crippen LogP contribution in [0.25, 0.3) is 0 Å². The van der Waals surface area contributed by atoms with E-state index in [9.17, 15) is 8.42 Å². The van der Waals surface area contributed by atoms with Crippen LogP contribution in [0.3, 0.4) is 0 Å². The van der Waals surface area contributed by atoms with Crippen molar-refractivity contribution in [3.8, 4) is 0 Å². The van der Waals surface area contributed by atoms with Gasteiger partial charge in [-0.25, -0.2) is 0 Å². The van der Waals surface area contributed by atoms with E-state index in [2.05, 4.69) is 10.2 Å². The predicted molar refractivity (Wildman–Crippen MR) is 69.2 cm³/mol. The zero-order valence-corrected chi connectivity index (χ0v) is 11.7. The number of nitrogens with one attached hydrogen (secondary N) is 1. The maximum Gasteiger partial charge on any atom is 0.281 e. The summed E-state index contributed by atoms with van der Waals surface area (Å²) in [6.07, 6.45) is 4.58. The van der Waals surface area contributed by atoms with Gasteiger partial charge in [0.25, 0.3) is 10.2 Å². The summed E-state index contributed by atoms with van der Waals surface area (Å²) in [6, 6.07) is 1.94. The lowest BCUT2D eigenvalue weighted by Gasteiger charge is -2.33. The van der Waals surface area contributed by atoms with Crippen molar-refractivity contribution >= 4 is 10.2 Å². The Balaban J connectivity index is 2.01. The third kappa shape index (κ3) is 2.90. The van der Waals surface area contributed by atoms with Crippen LogP contribution in [0.15, 0.2) is 12.3 Å². The van der Waals surface area contributed by atoms with Crippen LogP contribution in [0.4, 0.5) is 0 Å². The molecule has 102 valence electrons. The molecule has 6 nitrogen and oxygen atoms in total. The fourth-order valence-electron chi connectivity index (χ4n) is 2.34. The molecule has 1 aromatic rings. The molecule has 1 atom stereocenters. The van der Waals surface area contributed by atoms with Crippen molar-refractivity contribution in [1.82, 2.24) is 18.8 Å². The summed E-state index contributed by atoms with van der Waals surface area (Å²) < 4.78 is 27.0. The van der Waals surface area contributed by atoms with Crippen molar-refractivity contribution in [2.45, 2.75) is 19.3 Å². The van der Waals surface area contributed by atoms with Gasteiger partial charge < -0.3 is 0 Å². The Morgan fingerprint density at radius 2 is 2.33 bits per heavy atom. The van der Waals surface area contributed by atoms with Crippen molar-refractivity contribution in [2.75, 3.05) is 27.2 Å². The number of aromatic nitrogens is 2. The SMILES string of the molecule is CN(C)S(=O)(=O)N1CCCC(Cc2ccn[nH]2)C1. The molecule has 0 aliphatic carbocycles. The van der Waals surface area contributed by atoms with Crippen molar-refractivity contribution in [3.63, 3.8) is 0 Å². The second-order valence-corrected chi connectivity index (χ2v) is 7.08. The minimum Gasteiger partial charge on any atom is -0.283 e. The van der Waals surface area contributed by atoms with Crippen LogP contribution in [0.2, 0.25) is 0 Å². The van der Waals surface area contributed by atoms with E-state index in [1.54, 1.807) is 24.6 Å². The first-order valence-corrected chi connectivity index (χ1v) is 7.55. The molecule has 7 heteroatoms. The molecule has 1 aliphatic heterocycles. The van der Waals surface area contributed by atoms with Gasteiger partial charge in [-0.3, -0.25) is 5.10 Å². The van der Waals surface area contributed by atoms with E-state index in [0.29, 0.717) is 19.0 Å². The summed E-state index contributed by atoms with van der Waals surface area (Å²) in [4.78, 5) is 0. The first kappa shape index (κ1) is 13.5. The van der Waals surface area contributed by atoms with Gasteiger partial charge in [0.15, 0.2) is 0 Å². The molecule has 0 saturated carbocycles. The Morgan fingerprint density at radius 1 is 1.56 bits per heavy atom. The van der Waals surface area contributed by atoms with Crippen LogP contribution in [0, 0.1) is 5.92 Å².